The van der Waals surface area contributed by atoms with E-state index in [1.165, 1.54) is 0 Å². The van der Waals surface area contributed by atoms with Gasteiger partial charge in [0.05, 0.1) is 0 Å². The predicted octanol–water partition coefficient (Wildman–Crippen LogP) is 2.58. The molecule has 1 aromatic carbocycles. The smallest absolute Gasteiger partial charge is 0.167 e. The molecule has 1 aromatic rings. The minimum absolute atomic E-state index is 0.0763. The van der Waals surface area contributed by atoms with Gasteiger partial charge in [0.1, 0.15) is 0 Å². The van der Waals surface area contributed by atoms with Gasteiger partial charge in [-0.1, -0.05) is 30.3 Å². The van der Waals surface area contributed by atoms with Crippen LogP contribution in [0.5, 0.6) is 0 Å². The summed E-state index contributed by atoms with van der Waals surface area (Å²) in [4.78, 5) is 14.1. The fraction of sp³-hybridized carbons (Fsp3) is 0.357. The van der Waals surface area contributed by atoms with E-state index in [0.717, 1.165) is 24.0 Å². The normalized spacial score (nSPS) is 22.8. The number of allylic oxidation sites excluding steroid dienone is 1. The summed E-state index contributed by atoms with van der Waals surface area (Å²) >= 11 is 0. The topological polar surface area (TPSA) is 20.3 Å². The largest absolute Gasteiger partial charge is 0.383 e. The van der Waals surface area contributed by atoms with E-state index in [1.807, 2.05) is 55.5 Å². The SMILES string of the molecule is CN(C)/C=C1/CCC(c2ccccc2)C1=O. The summed E-state index contributed by atoms with van der Waals surface area (Å²) in [6.45, 7) is 0. The number of hydrogen-bond donors (Lipinski definition) is 0. The molecule has 1 aliphatic carbocycles. The average Bonchev–Trinajstić information content (AvgIpc) is 2.61. The van der Waals surface area contributed by atoms with Crippen molar-refractivity contribution >= 4 is 5.78 Å². The first-order valence-corrected chi connectivity index (χ1v) is 5.65. The van der Waals surface area contributed by atoms with Gasteiger partial charge in [-0.3, -0.25) is 4.79 Å². The zero-order valence-electron chi connectivity index (χ0n) is 9.81. The molecule has 84 valence electrons. The van der Waals surface area contributed by atoms with Crippen LogP contribution in [-0.4, -0.2) is 24.8 Å². The summed E-state index contributed by atoms with van der Waals surface area (Å²) in [6, 6.07) is 10.1. The van der Waals surface area contributed by atoms with Crippen LogP contribution >= 0.6 is 0 Å². The van der Waals surface area contributed by atoms with Crippen molar-refractivity contribution in [1.82, 2.24) is 4.90 Å². The Balaban J connectivity index is 2.20. The lowest BCUT2D eigenvalue weighted by atomic mass is 9.96. The van der Waals surface area contributed by atoms with Crippen molar-refractivity contribution in [3.05, 3.63) is 47.7 Å². The molecule has 0 aromatic heterocycles. The van der Waals surface area contributed by atoms with E-state index < -0.39 is 0 Å². The number of carbonyl (C=O) groups is 1. The second-order valence-electron chi connectivity index (χ2n) is 4.48. The molecule has 0 radical (unpaired) electrons. The van der Waals surface area contributed by atoms with Crippen molar-refractivity contribution in [1.29, 1.82) is 0 Å². The molecule has 1 saturated carbocycles. The molecule has 0 bridgehead atoms. The lowest BCUT2D eigenvalue weighted by Crippen LogP contribution is -2.09. The zero-order chi connectivity index (χ0) is 11.5. The highest BCUT2D eigenvalue weighted by molar-refractivity contribution is 6.02. The molecular formula is C14H17NO. The molecule has 0 spiro atoms. The fourth-order valence-electron chi connectivity index (χ4n) is 2.22. The Hall–Kier alpha value is -1.57. The summed E-state index contributed by atoms with van der Waals surface area (Å²) in [5.74, 6) is 0.368. The Kier molecular flexibility index (Phi) is 3.09. The second kappa shape index (κ2) is 4.52. The van der Waals surface area contributed by atoms with Crippen molar-refractivity contribution in [3.8, 4) is 0 Å². The van der Waals surface area contributed by atoms with Crippen molar-refractivity contribution in [2.24, 2.45) is 0 Å². The van der Waals surface area contributed by atoms with Crippen LogP contribution in [0, 0.1) is 0 Å². The van der Waals surface area contributed by atoms with Crippen LogP contribution in [0.3, 0.4) is 0 Å². The lowest BCUT2D eigenvalue weighted by Gasteiger charge is -2.08. The van der Waals surface area contributed by atoms with Crippen molar-refractivity contribution < 1.29 is 4.79 Å². The highest BCUT2D eigenvalue weighted by Crippen LogP contribution is 2.34. The molecular weight excluding hydrogens is 198 g/mol. The van der Waals surface area contributed by atoms with E-state index in [0.29, 0.717) is 5.78 Å². The van der Waals surface area contributed by atoms with Gasteiger partial charge >= 0.3 is 0 Å². The molecule has 0 saturated heterocycles. The maximum absolute atomic E-state index is 12.1. The molecule has 1 fully saturated rings. The molecule has 0 N–H and O–H groups in total. The Morgan fingerprint density at radius 1 is 1.25 bits per heavy atom. The number of ketones is 1. The molecule has 1 aliphatic rings. The minimum Gasteiger partial charge on any atom is -0.383 e. The minimum atomic E-state index is 0.0763. The summed E-state index contributed by atoms with van der Waals surface area (Å²) in [7, 11) is 3.91. The molecule has 2 nitrogen and oxygen atoms in total. The number of Topliss-reactive ketones (excluding diaryl/α,β-unsaturated/α-hetero) is 1. The monoisotopic (exact) mass is 215 g/mol. The highest BCUT2D eigenvalue weighted by atomic mass is 16.1. The van der Waals surface area contributed by atoms with E-state index in [9.17, 15) is 4.79 Å². The zero-order valence-corrected chi connectivity index (χ0v) is 9.81. The lowest BCUT2D eigenvalue weighted by molar-refractivity contribution is -0.115. The molecule has 1 unspecified atom stereocenters. The van der Waals surface area contributed by atoms with Gasteiger partial charge in [-0.25, -0.2) is 0 Å². The summed E-state index contributed by atoms with van der Waals surface area (Å²) in [6.07, 6.45) is 3.80. The van der Waals surface area contributed by atoms with Gasteiger partial charge in [0.25, 0.3) is 0 Å². The molecule has 1 atom stereocenters. The van der Waals surface area contributed by atoms with E-state index >= 15 is 0 Å². The number of rotatable bonds is 2. The third-order valence-electron chi connectivity index (χ3n) is 2.95. The highest BCUT2D eigenvalue weighted by Gasteiger charge is 2.30. The van der Waals surface area contributed by atoms with Crippen molar-refractivity contribution in [2.45, 2.75) is 18.8 Å². The van der Waals surface area contributed by atoms with Gasteiger partial charge in [-0.2, -0.15) is 0 Å². The third-order valence-corrected chi connectivity index (χ3v) is 2.95. The van der Waals surface area contributed by atoms with E-state index in [-0.39, 0.29) is 5.92 Å². The number of benzene rings is 1. The van der Waals surface area contributed by atoms with Gasteiger partial charge in [-0.05, 0) is 18.4 Å². The first-order valence-electron chi connectivity index (χ1n) is 5.65. The van der Waals surface area contributed by atoms with Crippen LogP contribution < -0.4 is 0 Å². The summed E-state index contributed by atoms with van der Waals surface area (Å²) in [5.41, 5.74) is 2.11. The maximum atomic E-state index is 12.1. The fourth-order valence-corrected chi connectivity index (χ4v) is 2.22. The van der Waals surface area contributed by atoms with Gasteiger partial charge in [-0.15, -0.1) is 0 Å². The maximum Gasteiger partial charge on any atom is 0.167 e. The third kappa shape index (κ3) is 2.16. The molecule has 0 amide bonds. The van der Waals surface area contributed by atoms with E-state index in [4.69, 9.17) is 0 Å². The average molecular weight is 215 g/mol. The van der Waals surface area contributed by atoms with E-state index in [2.05, 4.69) is 0 Å². The van der Waals surface area contributed by atoms with E-state index in [1.54, 1.807) is 0 Å². The molecule has 0 heterocycles. The van der Waals surface area contributed by atoms with Crippen LogP contribution in [0.2, 0.25) is 0 Å². The molecule has 2 heteroatoms. The van der Waals surface area contributed by atoms with Gasteiger partial charge in [0, 0.05) is 31.8 Å². The summed E-state index contributed by atoms with van der Waals surface area (Å²) in [5, 5.41) is 0. The predicted molar refractivity (Wildman–Crippen MR) is 65.2 cm³/mol. The van der Waals surface area contributed by atoms with Gasteiger partial charge in [0.2, 0.25) is 0 Å². The van der Waals surface area contributed by atoms with Crippen LogP contribution in [0.1, 0.15) is 24.3 Å². The van der Waals surface area contributed by atoms with Crippen LogP contribution in [0.4, 0.5) is 0 Å². The molecule has 2 rings (SSSR count). The first-order chi connectivity index (χ1) is 7.68. The molecule has 0 aliphatic heterocycles. The molecule has 16 heavy (non-hydrogen) atoms. The summed E-state index contributed by atoms with van der Waals surface area (Å²) < 4.78 is 0. The van der Waals surface area contributed by atoms with Gasteiger partial charge < -0.3 is 4.90 Å². The second-order valence-corrected chi connectivity index (χ2v) is 4.48. The first kappa shape index (κ1) is 10.9. The van der Waals surface area contributed by atoms with Crippen molar-refractivity contribution in [3.63, 3.8) is 0 Å². The van der Waals surface area contributed by atoms with Crippen LogP contribution in [0.25, 0.3) is 0 Å². The Morgan fingerprint density at radius 2 is 1.94 bits per heavy atom. The van der Waals surface area contributed by atoms with Gasteiger partial charge in [0.15, 0.2) is 5.78 Å². The Morgan fingerprint density at radius 3 is 2.56 bits per heavy atom. The van der Waals surface area contributed by atoms with Crippen LogP contribution in [0.15, 0.2) is 42.1 Å². The van der Waals surface area contributed by atoms with Crippen molar-refractivity contribution in [2.75, 3.05) is 14.1 Å². The number of nitrogens with zero attached hydrogens (tertiary/aromatic N) is 1. The Labute approximate surface area is 96.6 Å². The number of carbonyl (C=O) groups excluding carboxylic acids is 1. The standard InChI is InChI=1S/C14H17NO/c1-15(2)10-12-8-9-13(14(12)16)11-6-4-3-5-7-11/h3-7,10,13H,8-9H2,1-2H3/b12-10-. The quantitative estimate of drug-likeness (QED) is 0.707. The van der Waals surface area contributed by atoms with Crippen LogP contribution in [-0.2, 0) is 4.79 Å². The Bertz CT molecular complexity index is 406. The number of hydrogen-bond acceptors (Lipinski definition) is 2.